The van der Waals surface area contributed by atoms with Crippen LogP contribution in [-0.4, -0.2) is 19.3 Å². The van der Waals surface area contributed by atoms with Crippen LogP contribution in [0.25, 0.3) is 0 Å². The molecule has 0 atom stereocenters. The molecule has 0 aromatic carbocycles. The van der Waals surface area contributed by atoms with E-state index in [4.69, 9.17) is 9.31 Å². The summed E-state index contributed by atoms with van der Waals surface area (Å²) in [7, 11) is -0.131. The van der Waals surface area contributed by atoms with Gasteiger partial charge in [0.25, 0.3) is 0 Å². The molecular weight excluding hydrogens is 211 g/mol. The Labute approximate surface area is 107 Å². The molecule has 0 radical (unpaired) electrons. The molecule has 0 N–H and O–H groups in total. The van der Waals surface area contributed by atoms with Crippen LogP contribution in [0.15, 0.2) is 11.5 Å². The third kappa shape index (κ3) is 6.28. The summed E-state index contributed by atoms with van der Waals surface area (Å²) in [4.78, 5) is 0. The monoisotopic (exact) mass is 238 g/mol. The summed E-state index contributed by atoms with van der Waals surface area (Å²) in [5, 5.41) is 0. The van der Waals surface area contributed by atoms with Crippen molar-refractivity contribution < 1.29 is 9.31 Å². The first-order valence-corrected chi connectivity index (χ1v) is 7.09. The van der Waals surface area contributed by atoms with Crippen LogP contribution in [-0.2, 0) is 9.31 Å². The van der Waals surface area contributed by atoms with Crippen molar-refractivity contribution >= 4 is 7.12 Å². The summed E-state index contributed by atoms with van der Waals surface area (Å²) in [6.07, 6.45) is 10.4. The molecule has 0 saturated heterocycles. The lowest BCUT2D eigenvalue weighted by molar-refractivity contribution is 0.135. The Balaban J connectivity index is 2.64. The maximum absolute atomic E-state index is 5.91. The van der Waals surface area contributed by atoms with Crippen molar-refractivity contribution in [2.24, 2.45) is 0 Å². The Bertz CT molecular complexity index is 226. The van der Waals surface area contributed by atoms with Crippen molar-refractivity contribution in [2.45, 2.75) is 78.4 Å². The van der Waals surface area contributed by atoms with E-state index in [0.29, 0.717) is 0 Å². The molecule has 0 heterocycles. The lowest BCUT2D eigenvalue weighted by Gasteiger charge is -2.23. The Morgan fingerprint density at radius 3 is 2.12 bits per heavy atom. The Kier molecular flexibility index (Phi) is 6.90. The molecule has 0 aliphatic heterocycles. The molecule has 1 rings (SSSR count). The van der Waals surface area contributed by atoms with Crippen LogP contribution in [0.5, 0.6) is 0 Å². The molecule has 0 aromatic heterocycles. The molecule has 98 valence electrons. The van der Waals surface area contributed by atoms with E-state index in [1.807, 2.05) is 0 Å². The van der Waals surface area contributed by atoms with Crippen molar-refractivity contribution in [3.05, 3.63) is 11.5 Å². The van der Waals surface area contributed by atoms with Crippen LogP contribution in [0.1, 0.15) is 66.2 Å². The first-order valence-electron chi connectivity index (χ1n) is 7.09. The van der Waals surface area contributed by atoms with Gasteiger partial charge in [-0.25, -0.2) is 0 Å². The van der Waals surface area contributed by atoms with E-state index in [1.165, 1.54) is 37.6 Å². The SMILES string of the molecule is CC(C)OB(OC(C)C)C1=CCCCCCC1. The molecule has 2 nitrogen and oxygen atoms in total. The molecule has 0 amide bonds. The molecule has 0 saturated carbocycles. The van der Waals surface area contributed by atoms with Crippen molar-refractivity contribution in [2.75, 3.05) is 0 Å². The fourth-order valence-corrected chi connectivity index (χ4v) is 2.13. The van der Waals surface area contributed by atoms with Crippen molar-refractivity contribution in [1.82, 2.24) is 0 Å². The topological polar surface area (TPSA) is 18.5 Å². The highest BCUT2D eigenvalue weighted by molar-refractivity contribution is 6.53. The highest BCUT2D eigenvalue weighted by Crippen LogP contribution is 2.21. The third-order valence-electron chi connectivity index (χ3n) is 2.92. The minimum absolute atomic E-state index is 0.131. The molecule has 3 heteroatoms. The highest BCUT2D eigenvalue weighted by atomic mass is 16.6. The second-order valence-electron chi connectivity index (χ2n) is 5.43. The lowest BCUT2D eigenvalue weighted by Crippen LogP contribution is -2.32. The molecular formula is C14H27BO2. The first kappa shape index (κ1) is 14.8. The van der Waals surface area contributed by atoms with E-state index >= 15 is 0 Å². The van der Waals surface area contributed by atoms with Crippen LogP contribution < -0.4 is 0 Å². The minimum Gasteiger partial charge on any atom is -0.405 e. The number of allylic oxidation sites excluding steroid dienone is 2. The average molecular weight is 238 g/mol. The van der Waals surface area contributed by atoms with Gasteiger partial charge in [-0.05, 0) is 52.4 Å². The third-order valence-corrected chi connectivity index (χ3v) is 2.92. The van der Waals surface area contributed by atoms with Gasteiger partial charge in [0.2, 0.25) is 0 Å². The smallest absolute Gasteiger partial charge is 0.405 e. The fourth-order valence-electron chi connectivity index (χ4n) is 2.13. The first-order chi connectivity index (χ1) is 8.09. The van der Waals surface area contributed by atoms with E-state index in [-0.39, 0.29) is 19.3 Å². The van der Waals surface area contributed by atoms with Crippen LogP contribution in [0.3, 0.4) is 0 Å². The van der Waals surface area contributed by atoms with Gasteiger partial charge in [0.05, 0.1) is 0 Å². The van der Waals surface area contributed by atoms with Gasteiger partial charge in [0, 0.05) is 12.2 Å². The summed E-state index contributed by atoms with van der Waals surface area (Å²) < 4.78 is 11.8. The van der Waals surface area contributed by atoms with Crippen LogP contribution in [0.2, 0.25) is 0 Å². The van der Waals surface area contributed by atoms with Gasteiger partial charge in [0.15, 0.2) is 0 Å². The van der Waals surface area contributed by atoms with Gasteiger partial charge < -0.3 is 9.31 Å². The van der Waals surface area contributed by atoms with Crippen LogP contribution in [0, 0.1) is 0 Å². The van der Waals surface area contributed by atoms with E-state index in [1.54, 1.807) is 0 Å². The van der Waals surface area contributed by atoms with E-state index < -0.39 is 0 Å². The van der Waals surface area contributed by atoms with Gasteiger partial charge in [-0.1, -0.05) is 25.3 Å². The minimum atomic E-state index is -0.131. The van der Waals surface area contributed by atoms with Gasteiger partial charge in [-0.15, -0.1) is 0 Å². The van der Waals surface area contributed by atoms with Gasteiger partial charge in [0.1, 0.15) is 0 Å². The molecule has 1 aliphatic rings. The molecule has 0 aromatic rings. The predicted octanol–water partition coefficient (Wildman–Crippen LogP) is 4.14. The predicted molar refractivity (Wildman–Crippen MR) is 74.0 cm³/mol. The Hall–Kier alpha value is -0.275. The number of hydrogen-bond donors (Lipinski definition) is 0. The lowest BCUT2D eigenvalue weighted by atomic mass is 9.73. The van der Waals surface area contributed by atoms with Crippen LogP contribution >= 0.6 is 0 Å². The molecule has 17 heavy (non-hydrogen) atoms. The largest absolute Gasteiger partial charge is 0.489 e. The quantitative estimate of drug-likeness (QED) is 0.670. The molecule has 0 fully saturated rings. The Morgan fingerprint density at radius 2 is 1.53 bits per heavy atom. The summed E-state index contributed by atoms with van der Waals surface area (Å²) in [6.45, 7) is 8.28. The normalized spacial score (nSPS) is 17.9. The van der Waals surface area contributed by atoms with Crippen molar-refractivity contribution in [3.8, 4) is 0 Å². The van der Waals surface area contributed by atoms with E-state index in [0.717, 1.165) is 6.42 Å². The number of hydrogen-bond acceptors (Lipinski definition) is 2. The van der Waals surface area contributed by atoms with Gasteiger partial charge in [-0.3, -0.25) is 0 Å². The van der Waals surface area contributed by atoms with E-state index in [2.05, 4.69) is 33.8 Å². The van der Waals surface area contributed by atoms with Crippen LogP contribution in [0.4, 0.5) is 0 Å². The zero-order chi connectivity index (χ0) is 12.7. The molecule has 0 unspecified atom stereocenters. The standard InChI is InChI=1S/C14H27BO2/c1-12(2)16-15(17-13(3)4)14-10-8-6-5-7-9-11-14/h10,12-13H,5-9,11H2,1-4H3. The van der Waals surface area contributed by atoms with Gasteiger partial charge in [-0.2, -0.15) is 0 Å². The zero-order valence-electron chi connectivity index (χ0n) is 11.9. The molecule has 0 bridgehead atoms. The average Bonchev–Trinajstić information content (AvgIpc) is 2.13. The molecule has 0 spiro atoms. The summed E-state index contributed by atoms with van der Waals surface area (Å²) in [6, 6.07) is 0. The summed E-state index contributed by atoms with van der Waals surface area (Å²) in [5.41, 5.74) is 1.35. The highest BCUT2D eigenvalue weighted by Gasteiger charge is 2.26. The molecule has 1 aliphatic carbocycles. The van der Waals surface area contributed by atoms with Crippen molar-refractivity contribution in [3.63, 3.8) is 0 Å². The summed E-state index contributed by atoms with van der Waals surface area (Å²) in [5.74, 6) is 0. The van der Waals surface area contributed by atoms with Gasteiger partial charge >= 0.3 is 7.12 Å². The van der Waals surface area contributed by atoms with E-state index in [9.17, 15) is 0 Å². The number of rotatable bonds is 5. The zero-order valence-corrected chi connectivity index (χ0v) is 11.9. The maximum Gasteiger partial charge on any atom is 0.489 e. The van der Waals surface area contributed by atoms with Crippen molar-refractivity contribution in [1.29, 1.82) is 0 Å². The Morgan fingerprint density at radius 1 is 0.941 bits per heavy atom. The second-order valence-corrected chi connectivity index (χ2v) is 5.43. The summed E-state index contributed by atoms with van der Waals surface area (Å²) >= 11 is 0. The second kappa shape index (κ2) is 7.94. The maximum atomic E-state index is 5.91. The fraction of sp³-hybridized carbons (Fsp3) is 0.857.